The summed E-state index contributed by atoms with van der Waals surface area (Å²) in [4.78, 5) is 12.4. The van der Waals surface area contributed by atoms with Gasteiger partial charge in [-0.15, -0.1) is 0 Å². The lowest BCUT2D eigenvalue weighted by atomic mass is 10.3. The number of hydrogen-bond acceptors (Lipinski definition) is 5. The first kappa shape index (κ1) is 23.4. The highest BCUT2D eigenvalue weighted by molar-refractivity contribution is 7.92. The van der Waals surface area contributed by atoms with Crippen LogP contribution < -0.4 is 9.62 Å². The Hall–Kier alpha value is -1.85. The summed E-state index contributed by atoms with van der Waals surface area (Å²) in [6.07, 6.45) is 0.945. The molecule has 8 nitrogen and oxygen atoms in total. The van der Waals surface area contributed by atoms with Crippen LogP contribution in [0.15, 0.2) is 47.4 Å². The van der Waals surface area contributed by atoms with Gasteiger partial charge in [-0.1, -0.05) is 23.2 Å². The standard InChI is InChI=1S/C17H19Cl2N3O5S2/c1-21(2)29(26,27)16-6-4-15(5-7-16)22(28(3,24)25)11-17(23)20-14-9-12(18)8-13(19)10-14/h4-10H,11H2,1-3H3,(H,20,23). The Morgan fingerprint density at radius 1 is 0.966 bits per heavy atom. The number of hydrogen-bond donors (Lipinski definition) is 1. The highest BCUT2D eigenvalue weighted by Gasteiger charge is 2.23. The fourth-order valence-corrected chi connectivity index (χ4v) is 4.64. The van der Waals surface area contributed by atoms with Crippen LogP contribution in [0, 0.1) is 0 Å². The molecule has 0 heterocycles. The highest BCUT2D eigenvalue weighted by Crippen LogP contribution is 2.24. The maximum atomic E-state index is 12.4. The normalized spacial score (nSPS) is 12.1. The van der Waals surface area contributed by atoms with Gasteiger partial charge < -0.3 is 5.32 Å². The van der Waals surface area contributed by atoms with Crippen LogP contribution in [0.5, 0.6) is 0 Å². The van der Waals surface area contributed by atoms with E-state index < -0.39 is 32.5 Å². The zero-order valence-electron chi connectivity index (χ0n) is 15.8. The van der Waals surface area contributed by atoms with Crippen molar-refractivity contribution in [3.63, 3.8) is 0 Å². The van der Waals surface area contributed by atoms with Crippen molar-refractivity contribution in [2.45, 2.75) is 4.90 Å². The molecule has 0 atom stereocenters. The lowest BCUT2D eigenvalue weighted by Gasteiger charge is -2.22. The third-order valence-electron chi connectivity index (χ3n) is 3.74. The van der Waals surface area contributed by atoms with Crippen LogP contribution in [-0.4, -0.2) is 53.9 Å². The van der Waals surface area contributed by atoms with Gasteiger partial charge in [-0.25, -0.2) is 21.1 Å². The number of carbonyl (C=O) groups excluding carboxylic acids is 1. The summed E-state index contributed by atoms with van der Waals surface area (Å²) in [6.45, 7) is -0.525. The number of benzene rings is 2. The van der Waals surface area contributed by atoms with Crippen molar-refractivity contribution in [3.8, 4) is 0 Å². The molecular formula is C17H19Cl2N3O5S2. The summed E-state index contributed by atoms with van der Waals surface area (Å²) in [7, 11) is -4.72. The van der Waals surface area contributed by atoms with E-state index in [1.807, 2.05) is 0 Å². The monoisotopic (exact) mass is 479 g/mol. The smallest absolute Gasteiger partial charge is 0.245 e. The molecule has 0 radical (unpaired) electrons. The molecule has 158 valence electrons. The average molecular weight is 480 g/mol. The summed E-state index contributed by atoms with van der Waals surface area (Å²) < 4.78 is 50.6. The van der Waals surface area contributed by atoms with Crippen molar-refractivity contribution < 1.29 is 21.6 Å². The first-order valence-electron chi connectivity index (χ1n) is 8.07. The van der Waals surface area contributed by atoms with Gasteiger partial charge in [-0.2, -0.15) is 0 Å². The maximum absolute atomic E-state index is 12.4. The second-order valence-electron chi connectivity index (χ2n) is 6.26. The fourth-order valence-electron chi connectivity index (χ4n) is 2.35. The van der Waals surface area contributed by atoms with E-state index in [2.05, 4.69) is 5.32 Å². The van der Waals surface area contributed by atoms with E-state index in [9.17, 15) is 21.6 Å². The predicted octanol–water partition coefficient (Wildman–Crippen LogP) is 2.65. The minimum atomic E-state index is -3.83. The summed E-state index contributed by atoms with van der Waals surface area (Å²) in [6, 6.07) is 9.62. The van der Waals surface area contributed by atoms with E-state index in [4.69, 9.17) is 23.2 Å². The largest absolute Gasteiger partial charge is 0.324 e. The molecular weight excluding hydrogens is 461 g/mol. The minimum Gasteiger partial charge on any atom is -0.324 e. The van der Waals surface area contributed by atoms with Crippen molar-refractivity contribution in [2.75, 3.05) is 36.5 Å². The molecule has 0 aromatic heterocycles. The molecule has 2 aromatic rings. The molecule has 12 heteroatoms. The van der Waals surface area contributed by atoms with Gasteiger partial charge in [0.1, 0.15) is 6.54 Å². The predicted molar refractivity (Wildman–Crippen MR) is 115 cm³/mol. The Balaban J connectivity index is 2.27. The van der Waals surface area contributed by atoms with Gasteiger partial charge in [0.05, 0.1) is 16.8 Å². The number of nitrogens with one attached hydrogen (secondary N) is 1. The van der Waals surface area contributed by atoms with Gasteiger partial charge in [0.25, 0.3) is 0 Å². The summed E-state index contributed by atoms with van der Waals surface area (Å²) in [5, 5.41) is 3.15. The molecule has 0 unspecified atom stereocenters. The molecule has 0 aliphatic carbocycles. The van der Waals surface area contributed by atoms with Crippen molar-refractivity contribution in [2.24, 2.45) is 0 Å². The maximum Gasteiger partial charge on any atom is 0.245 e. The van der Waals surface area contributed by atoms with E-state index in [0.29, 0.717) is 15.7 Å². The molecule has 2 rings (SSSR count). The van der Waals surface area contributed by atoms with Crippen molar-refractivity contribution in [1.29, 1.82) is 0 Å². The summed E-state index contributed by atoms with van der Waals surface area (Å²) >= 11 is 11.8. The minimum absolute atomic E-state index is 0.00211. The van der Waals surface area contributed by atoms with E-state index >= 15 is 0 Å². The topological polar surface area (TPSA) is 104 Å². The quantitative estimate of drug-likeness (QED) is 0.656. The number of anilines is 2. The summed E-state index contributed by atoms with van der Waals surface area (Å²) in [5.74, 6) is -0.626. The van der Waals surface area contributed by atoms with Crippen LogP contribution in [0.25, 0.3) is 0 Å². The van der Waals surface area contributed by atoms with Gasteiger partial charge in [-0.3, -0.25) is 9.10 Å². The SMILES string of the molecule is CN(C)S(=O)(=O)c1ccc(N(CC(=O)Nc2cc(Cl)cc(Cl)c2)S(C)(=O)=O)cc1. The third kappa shape index (κ3) is 6.06. The number of sulfonamides is 2. The Labute approximate surface area is 180 Å². The number of rotatable bonds is 7. The summed E-state index contributed by atoms with van der Waals surface area (Å²) in [5.41, 5.74) is 0.456. The van der Waals surface area contributed by atoms with Crippen molar-refractivity contribution in [3.05, 3.63) is 52.5 Å². The Kier molecular flexibility index (Phi) is 7.18. The van der Waals surface area contributed by atoms with Crippen LogP contribution in [0.1, 0.15) is 0 Å². The lowest BCUT2D eigenvalue weighted by Crippen LogP contribution is -2.37. The van der Waals surface area contributed by atoms with Crippen LogP contribution in [-0.2, 0) is 24.8 Å². The van der Waals surface area contributed by atoms with Crippen LogP contribution >= 0.6 is 23.2 Å². The van der Waals surface area contributed by atoms with E-state index in [1.165, 1.54) is 56.6 Å². The van der Waals surface area contributed by atoms with Gasteiger partial charge in [0.2, 0.25) is 26.0 Å². The number of carbonyl (C=O) groups is 1. The lowest BCUT2D eigenvalue weighted by molar-refractivity contribution is -0.114. The van der Waals surface area contributed by atoms with Gasteiger partial charge in [0.15, 0.2) is 0 Å². The fraction of sp³-hybridized carbons (Fsp3) is 0.235. The highest BCUT2D eigenvalue weighted by atomic mass is 35.5. The molecule has 0 aliphatic rings. The van der Waals surface area contributed by atoms with Gasteiger partial charge in [0, 0.05) is 29.8 Å². The van der Waals surface area contributed by atoms with Crippen LogP contribution in [0.4, 0.5) is 11.4 Å². The molecule has 0 aliphatic heterocycles. The molecule has 0 saturated heterocycles. The van der Waals surface area contributed by atoms with Gasteiger partial charge >= 0.3 is 0 Å². The second-order valence-corrected chi connectivity index (χ2v) is 11.2. The average Bonchev–Trinajstić information content (AvgIpc) is 2.57. The van der Waals surface area contributed by atoms with Crippen LogP contribution in [0.3, 0.4) is 0 Å². The van der Waals surface area contributed by atoms with Gasteiger partial charge in [-0.05, 0) is 42.5 Å². The van der Waals surface area contributed by atoms with E-state index in [1.54, 1.807) is 0 Å². The number of nitrogens with zero attached hydrogens (tertiary/aromatic N) is 2. The van der Waals surface area contributed by atoms with E-state index in [0.717, 1.165) is 14.9 Å². The molecule has 2 aromatic carbocycles. The first-order valence-corrected chi connectivity index (χ1v) is 12.1. The van der Waals surface area contributed by atoms with Crippen LogP contribution in [0.2, 0.25) is 10.0 Å². The Bertz CT molecular complexity index is 1100. The molecule has 0 bridgehead atoms. The Morgan fingerprint density at radius 2 is 1.48 bits per heavy atom. The number of halogens is 2. The second kappa shape index (κ2) is 8.88. The molecule has 29 heavy (non-hydrogen) atoms. The van der Waals surface area contributed by atoms with E-state index in [-0.39, 0.29) is 10.6 Å². The third-order valence-corrected chi connectivity index (χ3v) is 7.14. The molecule has 0 fully saturated rings. The Morgan fingerprint density at radius 3 is 1.93 bits per heavy atom. The number of amides is 1. The zero-order valence-corrected chi connectivity index (χ0v) is 18.9. The first-order chi connectivity index (χ1) is 13.3. The molecule has 1 amide bonds. The molecule has 1 N–H and O–H groups in total. The zero-order chi connectivity index (χ0) is 22.0. The van der Waals surface area contributed by atoms with Crippen molar-refractivity contribution >= 4 is 60.5 Å². The van der Waals surface area contributed by atoms with Crippen molar-refractivity contribution in [1.82, 2.24) is 4.31 Å². The molecule has 0 saturated carbocycles. The molecule has 0 spiro atoms.